The third-order valence-corrected chi connectivity index (χ3v) is 5.78. The van der Waals surface area contributed by atoms with Crippen molar-refractivity contribution in [3.05, 3.63) is 64.4 Å². The molecule has 0 radical (unpaired) electrons. The molecule has 0 unspecified atom stereocenters. The van der Waals surface area contributed by atoms with E-state index in [9.17, 15) is 4.79 Å². The van der Waals surface area contributed by atoms with Crippen LogP contribution in [0.15, 0.2) is 53.2 Å². The first-order chi connectivity index (χ1) is 13.3. The molecule has 0 N–H and O–H groups in total. The summed E-state index contributed by atoms with van der Waals surface area (Å²) >= 11 is 1.73. The highest BCUT2D eigenvalue weighted by molar-refractivity contribution is 7.07. The van der Waals surface area contributed by atoms with Crippen LogP contribution in [-0.2, 0) is 6.54 Å². The highest BCUT2D eigenvalue weighted by atomic mass is 32.1. The first-order valence-electron chi connectivity index (χ1n) is 9.43. The van der Waals surface area contributed by atoms with Gasteiger partial charge in [-0.05, 0) is 46.2 Å². The molecule has 1 fully saturated rings. The Morgan fingerprint density at radius 3 is 2.63 bits per heavy atom. The molecular weight excluding hydrogens is 356 g/mol. The molecule has 140 valence electrons. The molecule has 2 heterocycles. The predicted molar refractivity (Wildman–Crippen MR) is 111 cm³/mol. The van der Waals surface area contributed by atoms with Gasteiger partial charge in [-0.2, -0.15) is 11.3 Å². The van der Waals surface area contributed by atoms with Crippen LogP contribution in [0.3, 0.4) is 0 Å². The fraction of sp³-hybridized carbons (Fsp3) is 0.318. The van der Waals surface area contributed by atoms with E-state index in [4.69, 9.17) is 4.74 Å². The summed E-state index contributed by atoms with van der Waals surface area (Å²) in [7, 11) is 0. The number of nitrogens with zero attached hydrogens (tertiary/aromatic N) is 2. The van der Waals surface area contributed by atoms with Crippen molar-refractivity contribution >= 4 is 28.0 Å². The second-order valence-corrected chi connectivity index (χ2v) is 7.57. The molecule has 3 aromatic rings. The molecule has 4 nitrogen and oxygen atoms in total. The summed E-state index contributed by atoms with van der Waals surface area (Å²) in [5.74, 6) is 0.757. The van der Waals surface area contributed by atoms with Gasteiger partial charge in [0.1, 0.15) is 5.75 Å². The van der Waals surface area contributed by atoms with Crippen molar-refractivity contribution in [1.82, 2.24) is 9.80 Å². The lowest BCUT2D eigenvalue weighted by Crippen LogP contribution is -2.48. The Bertz CT molecular complexity index is 915. The average molecular weight is 381 g/mol. The topological polar surface area (TPSA) is 32.8 Å². The van der Waals surface area contributed by atoms with Gasteiger partial charge in [0, 0.05) is 32.7 Å². The number of fused-ring (bicyclic) bond motifs is 1. The molecule has 0 atom stereocenters. The van der Waals surface area contributed by atoms with Gasteiger partial charge < -0.3 is 9.64 Å². The van der Waals surface area contributed by atoms with Crippen molar-refractivity contribution in [2.45, 2.75) is 13.5 Å². The molecule has 1 aliphatic heterocycles. The van der Waals surface area contributed by atoms with Gasteiger partial charge in [0.2, 0.25) is 0 Å². The molecule has 1 amide bonds. The zero-order valence-corrected chi connectivity index (χ0v) is 16.4. The Kier molecular flexibility index (Phi) is 5.41. The molecule has 1 aromatic heterocycles. The summed E-state index contributed by atoms with van der Waals surface area (Å²) in [4.78, 5) is 17.7. The molecule has 5 heteroatoms. The molecule has 1 saturated heterocycles. The van der Waals surface area contributed by atoms with E-state index in [0.29, 0.717) is 17.9 Å². The second kappa shape index (κ2) is 8.11. The van der Waals surface area contributed by atoms with E-state index in [2.05, 4.69) is 21.7 Å². The van der Waals surface area contributed by atoms with Crippen LogP contribution in [0, 0.1) is 0 Å². The number of rotatable bonds is 5. The molecule has 4 rings (SSSR count). The van der Waals surface area contributed by atoms with Gasteiger partial charge >= 0.3 is 0 Å². The molecule has 0 saturated carbocycles. The fourth-order valence-electron chi connectivity index (χ4n) is 3.66. The number of hydrogen-bond donors (Lipinski definition) is 0. The third-order valence-electron chi connectivity index (χ3n) is 5.05. The number of carbonyl (C=O) groups is 1. The normalized spacial score (nSPS) is 15.2. The van der Waals surface area contributed by atoms with E-state index in [1.807, 2.05) is 48.2 Å². The maximum atomic E-state index is 13.4. The van der Waals surface area contributed by atoms with Gasteiger partial charge in [-0.1, -0.05) is 30.3 Å². The Hall–Kier alpha value is -2.37. The first kappa shape index (κ1) is 18.0. The lowest BCUT2D eigenvalue weighted by Gasteiger charge is -2.35. The van der Waals surface area contributed by atoms with Crippen LogP contribution in [0.1, 0.15) is 22.8 Å². The Balaban J connectivity index is 1.53. The van der Waals surface area contributed by atoms with Crippen LogP contribution in [0.5, 0.6) is 5.75 Å². The monoisotopic (exact) mass is 380 g/mol. The van der Waals surface area contributed by atoms with Crippen molar-refractivity contribution in [1.29, 1.82) is 0 Å². The third kappa shape index (κ3) is 3.84. The number of amides is 1. The molecule has 0 aliphatic carbocycles. The van der Waals surface area contributed by atoms with Gasteiger partial charge in [0.05, 0.1) is 12.2 Å². The van der Waals surface area contributed by atoms with Crippen molar-refractivity contribution in [3.63, 3.8) is 0 Å². The summed E-state index contributed by atoms with van der Waals surface area (Å²) in [5, 5.41) is 6.35. The van der Waals surface area contributed by atoms with Crippen LogP contribution in [0.2, 0.25) is 0 Å². The lowest BCUT2D eigenvalue weighted by molar-refractivity contribution is 0.0627. The SMILES string of the molecule is CCOc1ccc2ccccc2c1C(=O)N1CCN(Cc2ccsc2)CC1. The standard InChI is InChI=1S/C22H24N2O2S/c1-2-26-20-8-7-18-5-3-4-6-19(18)21(20)22(25)24-12-10-23(11-13-24)15-17-9-14-27-16-17/h3-9,14,16H,2,10-13,15H2,1H3. The number of hydrogen-bond acceptors (Lipinski definition) is 4. The number of benzene rings is 2. The summed E-state index contributed by atoms with van der Waals surface area (Å²) < 4.78 is 5.79. The molecule has 0 bridgehead atoms. The van der Waals surface area contributed by atoms with Gasteiger partial charge in [0.25, 0.3) is 5.91 Å². The number of carbonyl (C=O) groups excluding carboxylic acids is 1. The van der Waals surface area contributed by atoms with Crippen LogP contribution >= 0.6 is 11.3 Å². The summed E-state index contributed by atoms with van der Waals surface area (Å²) in [6.45, 7) is 6.76. The fourth-order valence-corrected chi connectivity index (χ4v) is 4.32. The highest BCUT2D eigenvalue weighted by Gasteiger charge is 2.26. The van der Waals surface area contributed by atoms with E-state index in [1.54, 1.807) is 11.3 Å². The zero-order chi connectivity index (χ0) is 18.6. The van der Waals surface area contributed by atoms with Crippen LogP contribution in [-0.4, -0.2) is 48.5 Å². The first-order valence-corrected chi connectivity index (χ1v) is 10.4. The molecule has 1 aliphatic rings. The Morgan fingerprint density at radius 1 is 1.07 bits per heavy atom. The summed E-state index contributed by atoms with van der Waals surface area (Å²) in [5.41, 5.74) is 2.05. The number of ether oxygens (including phenoxy) is 1. The van der Waals surface area contributed by atoms with Gasteiger partial charge in [-0.3, -0.25) is 9.69 Å². The smallest absolute Gasteiger partial charge is 0.258 e. The molecule has 2 aromatic carbocycles. The minimum Gasteiger partial charge on any atom is -0.493 e. The zero-order valence-electron chi connectivity index (χ0n) is 15.6. The highest BCUT2D eigenvalue weighted by Crippen LogP contribution is 2.30. The van der Waals surface area contributed by atoms with Gasteiger partial charge in [-0.15, -0.1) is 0 Å². The van der Waals surface area contributed by atoms with Crippen molar-refractivity contribution in [3.8, 4) is 5.75 Å². The van der Waals surface area contributed by atoms with Gasteiger partial charge in [0.15, 0.2) is 0 Å². The van der Waals surface area contributed by atoms with E-state index in [-0.39, 0.29) is 5.91 Å². The van der Waals surface area contributed by atoms with Gasteiger partial charge in [-0.25, -0.2) is 0 Å². The van der Waals surface area contributed by atoms with Crippen LogP contribution in [0.25, 0.3) is 10.8 Å². The maximum absolute atomic E-state index is 13.4. The lowest BCUT2D eigenvalue weighted by atomic mass is 10.0. The predicted octanol–water partition coefficient (Wildman–Crippen LogP) is 4.26. The summed E-state index contributed by atoms with van der Waals surface area (Å²) in [6, 6.07) is 14.2. The largest absolute Gasteiger partial charge is 0.493 e. The molecular formula is C22H24N2O2S. The second-order valence-electron chi connectivity index (χ2n) is 6.79. The van der Waals surface area contributed by atoms with Crippen molar-refractivity contribution in [2.75, 3.05) is 32.8 Å². The van der Waals surface area contributed by atoms with E-state index >= 15 is 0 Å². The average Bonchev–Trinajstić information content (AvgIpc) is 3.21. The van der Waals surface area contributed by atoms with Crippen molar-refractivity contribution < 1.29 is 9.53 Å². The minimum absolute atomic E-state index is 0.0745. The maximum Gasteiger partial charge on any atom is 0.258 e. The summed E-state index contributed by atoms with van der Waals surface area (Å²) in [6.07, 6.45) is 0. The molecule has 27 heavy (non-hydrogen) atoms. The van der Waals surface area contributed by atoms with Crippen LogP contribution in [0.4, 0.5) is 0 Å². The van der Waals surface area contributed by atoms with E-state index in [0.717, 1.165) is 43.5 Å². The Morgan fingerprint density at radius 2 is 1.89 bits per heavy atom. The van der Waals surface area contributed by atoms with Crippen LogP contribution < -0.4 is 4.74 Å². The Labute approximate surface area is 164 Å². The quantitative estimate of drug-likeness (QED) is 0.663. The molecule has 0 spiro atoms. The van der Waals surface area contributed by atoms with E-state index in [1.165, 1.54) is 5.56 Å². The van der Waals surface area contributed by atoms with E-state index < -0.39 is 0 Å². The number of thiophene rings is 1. The van der Waals surface area contributed by atoms with Crippen molar-refractivity contribution in [2.24, 2.45) is 0 Å². The minimum atomic E-state index is 0.0745. The number of piperazine rings is 1.